The van der Waals surface area contributed by atoms with Gasteiger partial charge in [0.05, 0.1) is 17.8 Å². The molecule has 3 fully saturated rings. The number of ether oxygens (including phenoxy) is 2. The lowest BCUT2D eigenvalue weighted by molar-refractivity contribution is -0.156. The van der Waals surface area contributed by atoms with Crippen molar-refractivity contribution < 1.29 is 9.47 Å². The van der Waals surface area contributed by atoms with Crippen molar-refractivity contribution in [3.05, 3.63) is 0 Å². The fourth-order valence-corrected chi connectivity index (χ4v) is 4.34. The lowest BCUT2D eigenvalue weighted by Crippen LogP contribution is -2.44. The lowest BCUT2D eigenvalue weighted by Gasteiger charge is -2.41. The van der Waals surface area contributed by atoms with Gasteiger partial charge in [0.25, 0.3) is 0 Å². The molecular formula is C16H29NO2. The molecule has 0 aromatic rings. The molecule has 1 saturated heterocycles. The van der Waals surface area contributed by atoms with E-state index in [9.17, 15) is 0 Å². The maximum atomic E-state index is 6.46. The highest BCUT2D eigenvalue weighted by molar-refractivity contribution is 4.92. The van der Waals surface area contributed by atoms with Crippen LogP contribution in [0.4, 0.5) is 0 Å². The van der Waals surface area contributed by atoms with Gasteiger partial charge >= 0.3 is 0 Å². The van der Waals surface area contributed by atoms with Gasteiger partial charge in [-0.25, -0.2) is 0 Å². The van der Waals surface area contributed by atoms with Crippen molar-refractivity contribution in [3.63, 3.8) is 0 Å². The summed E-state index contributed by atoms with van der Waals surface area (Å²) in [4.78, 5) is 0. The summed E-state index contributed by atoms with van der Waals surface area (Å²) in [5.41, 5.74) is 6.09. The first-order valence-electron chi connectivity index (χ1n) is 8.31. The maximum Gasteiger partial charge on any atom is 0.0707 e. The third-order valence-corrected chi connectivity index (χ3v) is 5.47. The summed E-state index contributed by atoms with van der Waals surface area (Å²) >= 11 is 0. The molecule has 0 radical (unpaired) electrons. The molecular weight excluding hydrogens is 238 g/mol. The van der Waals surface area contributed by atoms with Gasteiger partial charge in [-0.2, -0.15) is 0 Å². The normalized spacial score (nSPS) is 38.7. The molecule has 2 saturated carbocycles. The quantitative estimate of drug-likeness (QED) is 0.855. The Bertz CT molecular complexity index is 288. The molecule has 0 amide bonds. The molecule has 3 unspecified atom stereocenters. The SMILES string of the molecule is NCC1CCCCC1OC1CCOC2(CCCC2)C1. The number of hydrogen-bond donors (Lipinski definition) is 1. The van der Waals surface area contributed by atoms with Gasteiger partial charge in [-0.15, -0.1) is 0 Å². The number of rotatable bonds is 3. The fraction of sp³-hybridized carbons (Fsp3) is 1.00. The molecule has 2 aliphatic carbocycles. The summed E-state index contributed by atoms with van der Waals surface area (Å²) in [5.74, 6) is 0.594. The van der Waals surface area contributed by atoms with Gasteiger partial charge in [0.2, 0.25) is 0 Å². The van der Waals surface area contributed by atoms with Gasteiger partial charge in [-0.05, 0) is 44.6 Å². The highest BCUT2D eigenvalue weighted by Gasteiger charge is 2.41. The molecule has 2 N–H and O–H groups in total. The van der Waals surface area contributed by atoms with Gasteiger partial charge in [0, 0.05) is 13.0 Å². The lowest BCUT2D eigenvalue weighted by atomic mass is 9.85. The fourth-order valence-electron chi connectivity index (χ4n) is 4.34. The van der Waals surface area contributed by atoms with Crippen LogP contribution >= 0.6 is 0 Å². The highest BCUT2D eigenvalue weighted by atomic mass is 16.5. The molecule has 3 aliphatic rings. The van der Waals surface area contributed by atoms with Crippen LogP contribution in [0.5, 0.6) is 0 Å². The van der Waals surface area contributed by atoms with Crippen molar-refractivity contribution in [2.45, 2.75) is 82.0 Å². The van der Waals surface area contributed by atoms with E-state index in [4.69, 9.17) is 15.2 Å². The van der Waals surface area contributed by atoms with E-state index in [1.807, 2.05) is 0 Å². The summed E-state index contributed by atoms with van der Waals surface area (Å²) < 4.78 is 12.6. The van der Waals surface area contributed by atoms with Crippen molar-refractivity contribution in [1.82, 2.24) is 0 Å². The van der Waals surface area contributed by atoms with Gasteiger partial charge in [0.15, 0.2) is 0 Å². The van der Waals surface area contributed by atoms with Crippen molar-refractivity contribution in [1.29, 1.82) is 0 Å². The van der Waals surface area contributed by atoms with Crippen molar-refractivity contribution in [2.24, 2.45) is 11.7 Å². The van der Waals surface area contributed by atoms with E-state index < -0.39 is 0 Å². The Morgan fingerprint density at radius 2 is 1.84 bits per heavy atom. The second-order valence-corrected chi connectivity index (χ2v) is 6.81. The molecule has 110 valence electrons. The van der Waals surface area contributed by atoms with Crippen LogP contribution in [0.1, 0.15) is 64.2 Å². The first-order valence-corrected chi connectivity index (χ1v) is 8.31. The second-order valence-electron chi connectivity index (χ2n) is 6.81. The van der Waals surface area contributed by atoms with Crippen LogP contribution in [0.2, 0.25) is 0 Å². The number of nitrogens with two attached hydrogens (primary N) is 1. The van der Waals surface area contributed by atoms with E-state index in [0.29, 0.717) is 18.1 Å². The van der Waals surface area contributed by atoms with Crippen LogP contribution in [-0.2, 0) is 9.47 Å². The monoisotopic (exact) mass is 267 g/mol. The van der Waals surface area contributed by atoms with Crippen LogP contribution in [0, 0.1) is 5.92 Å². The summed E-state index contributed by atoms with van der Waals surface area (Å²) in [5, 5.41) is 0. The third-order valence-electron chi connectivity index (χ3n) is 5.47. The zero-order valence-electron chi connectivity index (χ0n) is 12.1. The highest BCUT2D eigenvalue weighted by Crippen LogP contribution is 2.41. The van der Waals surface area contributed by atoms with Crippen molar-refractivity contribution in [3.8, 4) is 0 Å². The Labute approximate surface area is 117 Å². The average molecular weight is 267 g/mol. The summed E-state index contributed by atoms with van der Waals surface area (Å²) in [7, 11) is 0. The zero-order chi connectivity index (χ0) is 13.1. The molecule has 0 aromatic carbocycles. The van der Waals surface area contributed by atoms with Crippen LogP contribution in [0.15, 0.2) is 0 Å². The Balaban J connectivity index is 1.56. The molecule has 3 rings (SSSR count). The topological polar surface area (TPSA) is 44.5 Å². The van der Waals surface area contributed by atoms with E-state index in [2.05, 4.69) is 0 Å². The van der Waals surface area contributed by atoms with Gasteiger partial charge in [0.1, 0.15) is 0 Å². The Kier molecular flexibility index (Phi) is 4.45. The van der Waals surface area contributed by atoms with Crippen LogP contribution < -0.4 is 5.73 Å². The number of hydrogen-bond acceptors (Lipinski definition) is 3. The predicted octanol–water partition coefficient (Wildman–Crippen LogP) is 3.01. The Hall–Kier alpha value is -0.120. The van der Waals surface area contributed by atoms with E-state index >= 15 is 0 Å². The average Bonchev–Trinajstić information content (AvgIpc) is 2.87. The van der Waals surface area contributed by atoms with Crippen LogP contribution in [0.25, 0.3) is 0 Å². The summed E-state index contributed by atoms with van der Waals surface area (Å²) in [6.07, 6.45) is 13.3. The largest absolute Gasteiger partial charge is 0.375 e. The van der Waals surface area contributed by atoms with E-state index in [-0.39, 0.29) is 5.60 Å². The van der Waals surface area contributed by atoms with Crippen molar-refractivity contribution in [2.75, 3.05) is 13.2 Å². The van der Waals surface area contributed by atoms with Crippen LogP contribution in [0.3, 0.4) is 0 Å². The molecule has 1 aliphatic heterocycles. The van der Waals surface area contributed by atoms with Gasteiger partial charge in [-0.1, -0.05) is 25.7 Å². The van der Waals surface area contributed by atoms with E-state index in [1.165, 1.54) is 51.4 Å². The third kappa shape index (κ3) is 3.14. The minimum absolute atomic E-state index is 0.176. The smallest absolute Gasteiger partial charge is 0.0707 e. The first-order chi connectivity index (χ1) is 9.31. The second kappa shape index (κ2) is 6.11. The molecule has 1 heterocycles. The van der Waals surface area contributed by atoms with Gasteiger partial charge in [-0.3, -0.25) is 0 Å². The minimum Gasteiger partial charge on any atom is -0.375 e. The standard InChI is InChI=1S/C16H29NO2/c17-12-13-5-1-2-6-15(13)19-14-7-10-18-16(11-14)8-3-4-9-16/h13-15H,1-12,17H2. The predicted molar refractivity (Wildman–Crippen MR) is 76.1 cm³/mol. The first kappa shape index (κ1) is 13.8. The van der Waals surface area contributed by atoms with E-state index in [1.54, 1.807) is 0 Å². The van der Waals surface area contributed by atoms with Gasteiger partial charge < -0.3 is 15.2 Å². The van der Waals surface area contributed by atoms with E-state index in [0.717, 1.165) is 26.0 Å². The molecule has 3 heteroatoms. The molecule has 1 spiro atoms. The molecule has 19 heavy (non-hydrogen) atoms. The van der Waals surface area contributed by atoms with Crippen molar-refractivity contribution >= 4 is 0 Å². The maximum absolute atomic E-state index is 6.46. The Morgan fingerprint density at radius 1 is 1.05 bits per heavy atom. The molecule has 0 aromatic heterocycles. The summed E-state index contributed by atoms with van der Waals surface area (Å²) in [6.45, 7) is 1.68. The molecule has 0 bridgehead atoms. The molecule has 3 atom stereocenters. The molecule has 3 nitrogen and oxygen atoms in total. The minimum atomic E-state index is 0.176. The summed E-state index contributed by atoms with van der Waals surface area (Å²) in [6, 6.07) is 0. The Morgan fingerprint density at radius 3 is 2.63 bits per heavy atom. The zero-order valence-corrected chi connectivity index (χ0v) is 12.1. The van der Waals surface area contributed by atoms with Crippen LogP contribution in [-0.4, -0.2) is 31.0 Å².